The third-order valence-electron chi connectivity index (χ3n) is 3.57. The largest absolute Gasteiger partial charge is 0.480 e. The number of carboxylic acid groups (broad SMARTS) is 1. The van der Waals surface area contributed by atoms with Crippen molar-refractivity contribution in [1.82, 2.24) is 15.3 Å². The molecule has 0 aliphatic rings. The van der Waals surface area contributed by atoms with Gasteiger partial charge in [0.25, 0.3) is 11.5 Å². The van der Waals surface area contributed by atoms with E-state index in [1.54, 1.807) is 6.92 Å². The van der Waals surface area contributed by atoms with Gasteiger partial charge in [0.1, 0.15) is 16.7 Å². The minimum atomic E-state index is -1.07. The first-order chi connectivity index (χ1) is 10.9. The Morgan fingerprint density at radius 3 is 2.65 bits per heavy atom. The van der Waals surface area contributed by atoms with Gasteiger partial charge in [-0.05, 0) is 18.9 Å². The molecule has 0 fully saturated rings. The van der Waals surface area contributed by atoms with Gasteiger partial charge >= 0.3 is 5.97 Å². The van der Waals surface area contributed by atoms with Crippen LogP contribution in [0.3, 0.4) is 0 Å². The monoisotopic (exact) mass is 337 g/mol. The van der Waals surface area contributed by atoms with Crippen molar-refractivity contribution in [3.63, 3.8) is 0 Å². The highest BCUT2D eigenvalue weighted by Crippen LogP contribution is 2.27. The molecule has 0 radical (unpaired) electrons. The zero-order chi connectivity index (χ0) is 17.1. The molecule has 0 saturated heterocycles. The molecule has 1 amide bonds. The molecule has 23 heavy (non-hydrogen) atoms. The van der Waals surface area contributed by atoms with Crippen molar-refractivity contribution < 1.29 is 14.7 Å². The summed E-state index contributed by atoms with van der Waals surface area (Å²) in [6, 6.07) is -0.936. The Kier molecular flexibility index (Phi) is 5.15. The molecule has 0 saturated carbocycles. The minimum absolute atomic E-state index is 0.275. The number of amides is 1. The molecule has 0 spiro atoms. The molecule has 1 atom stereocenters. The van der Waals surface area contributed by atoms with Crippen LogP contribution >= 0.6 is 11.3 Å². The summed E-state index contributed by atoms with van der Waals surface area (Å²) in [5, 5.41) is 12.0. The second-order valence-corrected chi connectivity index (χ2v) is 6.25. The number of nitrogens with one attached hydrogen (secondary N) is 2. The van der Waals surface area contributed by atoms with Gasteiger partial charge in [-0.15, -0.1) is 11.3 Å². The highest BCUT2D eigenvalue weighted by atomic mass is 32.1. The quantitative estimate of drug-likeness (QED) is 0.744. The molecule has 2 rings (SSSR count). The van der Waals surface area contributed by atoms with Gasteiger partial charge in [0, 0.05) is 6.42 Å². The first kappa shape index (κ1) is 17.1. The van der Waals surface area contributed by atoms with Crippen LogP contribution in [0.2, 0.25) is 0 Å². The number of thiophene rings is 1. The van der Waals surface area contributed by atoms with E-state index in [4.69, 9.17) is 5.11 Å². The van der Waals surface area contributed by atoms with Gasteiger partial charge in [-0.25, -0.2) is 9.78 Å². The van der Waals surface area contributed by atoms with E-state index in [0.29, 0.717) is 45.7 Å². The zero-order valence-corrected chi connectivity index (χ0v) is 14.0. The van der Waals surface area contributed by atoms with Gasteiger partial charge in [-0.2, -0.15) is 0 Å². The summed E-state index contributed by atoms with van der Waals surface area (Å²) in [4.78, 5) is 43.5. The summed E-state index contributed by atoms with van der Waals surface area (Å²) in [7, 11) is 0. The van der Waals surface area contributed by atoms with Gasteiger partial charge in [-0.3, -0.25) is 9.59 Å². The summed E-state index contributed by atoms with van der Waals surface area (Å²) in [6.45, 7) is 5.40. The highest BCUT2D eigenvalue weighted by molar-refractivity contribution is 7.20. The number of fused-ring (bicyclic) bond motifs is 1. The number of aliphatic carboxylic acids is 1. The average Bonchev–Trinajstić information content (AvgIpc) is 2.84. The van der Waals surface area contributed by atoms with Crippen molar-refractivity contribution in [3.8, 4) is 0 Å². The number of carbonyl (C=O) groups excluding carboxylic acids is 1. The topological polar surface area (TPSA) is 112 Å². The molecule has 2 aromatic rings. The first-order valence-corrected chi connectivity index (χ1v) is 8.26. The first-order valence-electron chi connectivity index (χ1n) is 7.44. The fourth-order valence-electron chi connectivity index (χ4n) is 2.34. The second kappa shape index (κ2) is 6.91. The maximum absolute atomic E-state index is 12.4. The standard InChI is InChI=1S/C15H19N3O4S/c1-4-6-8(15(21)22)16-13(20)11-7(3)10-12(19)17-9(5-2)18-14(10)23-11/h8H,4-6H2,1-3H3,(H,16,20)(H,21,22)(H,17,18,19). The number of carbonyl (C=O) groups is 2. The fourth-order valence-corrected chi connectivity index (χ4v) is 3.45. The number of aryl methyl sites for hydroxylation is 2. The third-order valence-corrected chi connectivity index (χ3v) is 4.76. The van der Waals surface area contributed by atoms with Gasteiger partial charge < -0.3 is 15.4 Å². The van der Waals surface area contributed by atoms with E-state index in [-0.39, 0.29) is 5.56 Å². The molecule has 0 aliphatic heterocycles. The molecule has 0 bridgehead atoms. The summed E-state index contributed by atoms with van der Waals surface area (Å²) < 4.78 is 0. The Hall–Kier alpha value is -2.22. The van der Waals surface area contributed by atoms with Crippen molar-refractivity contribution in [2.45, 2.75) is 46.1 Å². The van der Waals surface area contributed by atoms with Crippen LogP contribution in [-0.4, -0.2) is 33.0 Å². The smallest absolute Gasteiger partial charge is 0.326 e. The highest BCUT2D eigenvalue weighted by Gasteiger charge is 2.24. The van der Waals surface area contributed by atoms with E-state index in [1.165, 1.54) is 0 Å². The van der Waals surface area contributed by atoms with E-state index in [1.807, 2.05) is 13.8 Å². The number of aromatic nitrogens is 2. The number of aromatic amines is 1. The fraction of sp³-hybridized carbons (Fsp3) is 0.467. The van der Waals surface area contributed by atoms with Crippen LogP contribution in [0.5, 0.6) is 0 Å². The van der Waals surface area contributed by atoms with E-state index in [2.05, 4.69) is 15.3 Å². The Morgan fingerprint density at radius 1 is 1.39 bits per heavy atom. The van der Waals surface area contributed by atoms with Gasteiger partial charge in [0.2, 0.25) is 0 Å². The normalized spacial score (nSPS) is 12.3. The molecule has 0 aliphatic carbocycles. The minimum Gasteiger partial charge on any atom is -0.480 e. The molecule has 3 N–H and O–H groups in total. The molecule has 7 nitrogen and oxygen atoms in total. The predicted molar refractivity (Wildman–Crippen MR) is 88.2 cm³/mol. The van der Waals surface area contributed by atoms with Gasteiger partial charge in [0.15, 0.2) is 0 Å². The maximum Gasteiger partial charge on any atom is 0.326 e. The Labute approximate surface area is 136 Å². The lowest BCUT2D eigenvalue weighted by atomic mass is 10.1. The summed E-state index contributed by atoms with van der Waals surface area (Å²) >= 11 is 1.11. The summed E-state index contributed by atoms with van der Waals surface area (Å²) in [5.74, 6) is -0.989. The van der Waals surface area contributed by atoms with Crippen molar-refractivity contribution in [2.24, 2.45) is 0 Å². The van der Waals surface area contributed by atoms with Crippen LogP contribution < -0.4 is 10.9 Å². The molecular formula is C15H19N3O4S. The number of hydrogen-bond acceptors (Lipinski definition) is 5. The van der Waals surface area contributed by atoms with Crippen molar-refractivity contribution >= 4 is 33.4 Å². The van der Waals surface area contributed by atoms with E-state index in [0.717, 1.165) is 11.3 Å². The van der Waals surface area contributed by atoms with Crippen LogP contribution in [0, 0.1) is 6.92 Å². The molecule has 0 aromatic carbocycles. The average molecular weight is 337 g/mol. The van der Waals surface area contributed by atoms with Crippen molar-refractivity contribution in [3.05, 3.63) is 26.6 Å². The zero-order valence-electron chi connectivity index (χ0n) is 13.2. The maximum atomic E-state index is 12.4. The third kappa shape index (κ3) is 3.42. The van der Waals surface area contributed by atoms with E-state index in [9.17, 15) is 14.4 Å². The molecular weight excluding hydrogens is 318 g/mol. The molecule has 8 heteroatoms. The van der Waals surface area contributed by atoms with Crippen LogP contribution in [0.25, 0.3) is 10.2 Å². The van der Waals surface area contributed by atoms with Gasteiger partial charge in [-0.1, -0.05) is 20.3 Å². The molecule has 1 unspecified atom stereocenters. The van der Waals surface area contributed by atoms with E-state index < -0.39 is 17.9 Å². The molecule has 2 heterocycles. The van der Waals surface area contributed by atoms with Crippen LogP contribution in [0.15, 0.2) is 4.79 Å². The number of rotatable bonds is 6. The summed E-state index contributed by atoms with van der Waals surface area (Å²) in [6.07, 6.45) is 1.58. The van der Waals surface area contributed by atoms with Crippen LogP contribution in [0.4, 0.5) is 0 Å². The van der Waals surface area contributed by atoms with Gasteiger partial charge in [0.05, 0.1) is 10.3 Å². The Bertz CT molecular complexity index is 809. The second-order valence-electron chi connectivity index (χ2n) is 5.26. The lowest BCUT2D eigenvalue weighted by Gasteiger charge is -2.12. The Morgan fingerprint density at radius 2 is 2.09 bits per heavy atom. The van der Waals surface area contributed by atoms with Crippen LogP contribution in [0.1, 0.15) is 47.7 Å². The summed E-state index contributed by atoms with van der Waals surface area (Å²) in [5.41, 5.74) is 0.252. The van der Waals surface area contributed by atoms with Crippen molar-refractivity contribution in [1.29, 1.82) is 0 Å². The number of carboxylic acids is 1. The molecule has 2 aromatic heterocycles. The molecule has 124 valence electrons. The number of hydrogen-bond donors (Lipinski definition) is 3. The van der Waals surface area contributed by atoms with Crippen LogP contribution in [-0.2, 0) is 11.2 Å². The Balaban J connectivity index is 2.41. The SMILES string of the molecule is CCCC(NC(=O)c1sc2nc(CC)[nH]c(=O)c2c1C)C(=O)O. The lowest BCUT2D eigenvalue weighted by Crippen LogP contribution is -2.40. The van der Waals surface area contributed by atoms with E-state index >= 15 is 0 Å². The van der Waals surface area contributed by atoms with Crippen molar-refractivity contribution in [2.75, 3.05) is 0 Å². The number of H-pyrrole nitrogens is 1. The predicted octanol–water partition coefficient (Wildman–Crippen LogP) is 1.84. The number of nitrogens with zero attached hydrogens (tertiary/aromatic N) is 1. The lowest BCUT2D eigenvalue weighted by molar-refractivity contribution is -0.139.